The predicted octanol–water partition coefficient (Wildman–Crippen LogP) is 3.36. The van der Waals surface area contributed by atoms with Crippen molar-refractivity contribution in [3.63, 3.8) is 0 Å². The lowest BCUT2D eigenvalue weighted by Crippen LogP contribution is -2.22. The first-order chi connectivity index (χ1) is 9.09. The van der Waals surface area contributed by atoms with Crippen LogP contribution < -0.4 is 9.16 Å². The summed E-state index contributed by atoms with van der Waals surface area (Å²) in [5.74, 6) is 0.215. The van der Waals surface area contributed by atoms with E-state index >= 15 is 0 Å². The van der Waals surface area contributed by atoms with Crippen molar-refractivity contribution in [2.75, 3.05) is 7.11 Å². The molecule has 0 saturated carbocycles. The van der Waals surface area contributed by atoms with Crippen molar-refractivity contribution in [3.05, 3.63) is 22.8 Å². The minimum atomic E-state index is -1.43. The van der Waals surface area contributed by atoms with Crippen molar-refractivity contribution in [2.45, 2.75) is 46.2 Å². The van der Waals surface area contributed by atoms with E-state index < -0.39 is 15.0 Å². The highest BCUT2D eigenvalue weighted by Crippen LogP contribution is 2.43. The third-order valence-corrected chi connectivity index (χ3v) is 3.66. The van der Waals surface area contributed by atoms with Crippen molar-refractivity contribution in [1.29, 1.82) is 0 Å². The van der Waals surface area contributed by atoms with Gasteiger partial charge in [0.25, 0.3) is 0 Å². The second kappa shape index (κ2) is 5.87. The molecule has 0 atom stereocenters. The van der Waals surface area contributed by atoms with E-state index in [0.717, 1.165) is 11.1 Å². The second-order valence-corrected chi connectivity index (χ2v) is 8.53. The first kappa shape index (κ1) is 16.6. The average Bonchev–Trinajstić information content (AvgIpc) is 2.27. The van der Waals surface area contributed by atoms with E-state index in [0.29, 0.717) is 11.5 Å². The SMILES string of the molecule is COc1c(C)cc(C(=O)O)c(O[SiH](C)C)c1C(C)(C)C. The quantitative estimate of drug-likeness (QED) is 0.866. The number of aromatic carboxylic acids is 1. The Morgan fingerprint density at radius 1 is 1.25 bits per heavy atom. The molecule has 0 fully saturated rings. The number of ether oxygens (including phenoxy) is 1. The van der Waals surface area contributed by atoms with E-state index in [1.807, 2.05) is 40.8 Å². The molecule has 0 bridgehead atoms. The summed E-state index contributed by atoms with van der Waals surface area (Å²) in [5, 5.41) is 9.45. The lowest BCUT2D eigenvalue weighted by molar-refractivity contribution is 0.0694. The van der Waals surface area contributed by atoms with E-state index in [4.69, 9.17) is 9.16 Å². The highest BCUT2D eigenvalue weighted by atomic mass is 28.3. The van der Waals surface area contributed by atoms with E-state index in [9.17, 15) is 9.90 Å². The maximum Gasteiger partial charge on any atom is 0.339 e. The Hall–Kier alpha value is -1.49. The Kier molecular flexibility index (Phi) is 4.86. The zero-order valence-electron chi connectivity index (χ0n) is 13.3. The Morgan fingerprint density at radius 3 is 2.15 bits per heavy atom. The molecule has 0 heterocycles. The summed E-state index contributed by atoms with van der Waals surface area (Å²) in [6, 6.07) is 1.63. The number of rotatable bonds is 4. The first-order valence-electron chi connectivity index (χ1n) is 6.71. The van der Waals surface area contributed by atoms with Crippen LogP contribution in [0.2, 0.25) is 13.1 Å². The van der Waals surface area contributed by atoms with Crippen LogP contribution in [0.5, 0.6) is 11.5 Å². The summed E-state index contributed by atoms with van der Waals surface area (Å²) < 4.78 is 11.4. The highest BCUT2D eigenvalue weighted by molar-refractivity contribution is 6.49. The van der Waals surface area contributed by atoms with Crippen molar-refractivity contribution < 1.29 is 19.1 Å². The third kappa shape index (κ3) is 3.33. The van der Waals surface area contributed by atoms with Gasteiger partial charge in [0.1, 0.15) is 17.1 Å². The summed E-state index contributed by atoms with van der Waals surface area (Å²) in [6.45, 7) is 12.0. The number of benzene rings is 1. The van der Waals surface area contributed by atoms with Gasteiger partial charge in [-0.1, -0.05) is 20.8 Å². The Bertz CT molecular complexity index is 516. The molecule has 0 aliphatic rings. The van der Waals surface area contributed by atoms with Crippen LogP contribution in [-0.2, 0) is 5.41 Å². The van der Waals surface area contributed by atoms with Gasteiger partial charge in [-0.15, -0.1) is 0 Å². The van der Waals surface area contributed by atoms with Gasteiger partial charge in [-0.2, -0.15) is 0 Å². The van der Waals surface area contributed by atoms with Crippen LogP contribution in [0.3, 0.4) is 0 Å². The van der Waals surface area contributed by atoms with Gasteiger partial charge in [0.05, 0.1) is 7.11 Å². The number of carbonyl (C=O) groups is 1. The summed E-state index contributed by atoms with van der Waals surface area (Å²) in [4.78, 5) is 11.5. The molecule has 0 spiro atoms. The van der Waals surface area contributed by atoms with Crippen LogP contribution in [-0.4, -0.2) is 27.2 Å². The molecule has 112 valence electrons. The molecule has 1 aromatic carbocycles. The van der Waals surface area contributed by atoms with Crippen LogP contribution in [0.25, 0.3) is 0 Å². The first-order valence-corrected chi connectivity index (χ1v) is 9.49. The summed E-state index contributed by atoms with van der Waals surface area (Å²) in [6.07, 6.45) is 0. The fourth-order valence-electron chi connectivity index (χ4n) is 2.24. The lowest BCUT2D eigenvalue weighted by Gasteiger charge is -2.28. The molecule has 1 aromatic rings. The molecule has 0 saturated heterocycles. The molecule has 0 aliphatic carbocycles. The number of hydrogen-bond donors (Lipinski definition) is 1. The molecule has 5 heteroatoms. The predicted molar refractivity (Wildman–Crippen MR) is 82.9 cm³/mol. The van der Waals surface area contributed by atoms with E-state index in [-0.39, 0.29) is 11.0 Å². The number of carboxylic acids is 1. The van der Waals surface area contributed by atoms with Gasteiger partial charge >= 0.3 is 5.97 Å². The van der Waals surface area contributed by atoms with Crippen LogP contribution in [0, 0.1) is 6.92 Å². The molecule has 1 rings (SSSR count). The van der Waals surface area contributed by atoms with Gasteiger partial charge in [0.15, 0.2) is 0 Å². The molecule has 20 heavy (non-hydrogen) atoms. The number of methoxy groups -OCH3 is 1. The average molecular weight is 296 g/mol. The van der Waals surface area contributed by atoms with E-state index in [2.05, 4.69) is 0 Å². The monoisotopic (exact) mass is 296 g/mol. The molecule has 1 N–H and O–H groups in total. The van der Waals surface area contributed by atoms with Crippen LogP contribution in [0.1, 0.15) is 42.3 Å². The third-order valence-electron chi connectivity index (χ3n) is 2.96. The summed E-state index contributed by atoms with van der Waals surface area (Å²) >= 11 is 0. The standard InChI is InChI=1S/C15H24O4Si/c1-9-8-10(14(16)17)13(19-20(6)7)11(12(9)18-5)15(2,3)4/h8,20H,1-7H3,(H,16,17). The van der Waals surface area contributed by atoms with Gasteiger partial charge in [0.2, 0.25) is 9.04 Å². The minimum absolute atomic E-state index is 0.217. The van der Waals surface area contributed by atoms with Gasteiger partial charge < -0.3 is 14.3 Å². The van der Waals surface area contributed by atoms with Crippen molar-refractivity contribution in [2.24, 2.45) is 0 Å². The van der Waals surface area contributed by atoms with Crippen molar-refractivity contribution in [3.8, 4) is 11.5 Å². The number of aryl methyl sites for hydroxylation is 1. The van der Waals surface area contributed by atoms with Crippen LogP contribution in [0.15, 0.2) is 6.07 Å². The normalized spacial score (nSPS) is 11.6. The van der Waals surface area contributed by atoms with Crippen LogP contribution in [0.4, 0.5) is 0 Å². The van der Waals surface area contributed by atoms with Crippen molar-refractivity contribution >= 4 is 15.0 Å². The minimum Gasteiger partial charge on any atom is -0.546 e. The van der Waals surface area contributed by atoms with Gasteiger partial charge in [-0.05, 0) is 37.1 Å². The molecule has 0 aliphatic heterocycles. The molecular weight excluding hydrogens is 272 g/mol. The Morgan fingerprint density at radius 2 is 1.80 bits per heavy atom. The van der Waals surface area contributed by atoms with Crippen LogP contribution >= 0.6 is 0 Å². The molecule has 0 aromatic heterocycles. The van der Waals surface area contributed by atoms with E-state index in [1.54, 1.807) is 13.2 Å². The zero-order chi connectivity index (χ0) is 15.7. The highest BCUT2D eigenvalue weighted by Gasteiger charge is 2.30. The molecule has 0 unspecified atom stereocenters. The maximum atomic E-state index is 11.5. The fourth-order valence-corrected chi connectivity index (χ4v) is 2.96. The smallest absolute Gasteiger partial charge is 0.339 e. The lowest BCUT2D eigenvalue weighted by atomic mass is 9.83. The topological polar surface area (TPSA) is 55.8 Å². The van der Waals surface area contributed by atoms with Gasteiger partial charge in [-0.3, -0.25) is 0 Å². The molecular formula is C15H24O4Si. The number of hydrogen-bond acceptors (Lipinski definition) is 3. The Balaban J connectivity index is 3.75. The summed E-state index contributed by atoms with van der Waals surface area (Å²) in [5.41, 5.74) is 1.60. The molecule has 0 amide bonds. The Labute approximate surface area is 122 Å². The second-order valence-electron chi connectivity index (χ2n) is 6.20. The van der Waals surface area contributed by atoms with Gasteiger partial charge in [-0.25, -0.2) is 4.79 Å². The van der Waals surface area contributed by atoms with Crippen molar-refractivity contribution in [1.82, 2.24) is 0 Å². The zero-order valence-corrected chi connectivity index (χ0v) is 14.5. The largest absolute Gasteiger partial charge is 0.546 e. The van der Waals surface area contributed by atoms with Gasteiger partial charge in [0, 0.05) is 5.56 Å². The molecule has 0 radical (unpaired) electrons. The van der Waals surface area contributed by atoms with E-state index in [1.165, 1.54) is 0 Å². The molecule has 4 nitrogen and oxygen atoms in total. The summed E-state index contributed by atoms with van der Waals surface area (Å²) in [7, 11) is 0.173. The number of carboxylic acid groups (broad SMARTS) is 1. The maximum absolute atomic E-state index is 11.5. The fraction of sp³-hybridized carbons (Fsp3) is 0.533.